The lowest BCUT2D eigenvalue weighted by Crippen LogP contribution is -2.41. The normalized spacial score (nSPS) is 18.8. The number of piperidine rings is 1. The third-order valence-electron chi connectivity index (χ3n) is 7.06. The Morgan fingerprint density at radius 3 is 2.50 bits per heavy atom. The van der Waals surface area contributed by atoms with Crippen molar-refractivity contribution in [2.24, 2.45) is 0 Å². The molecule has 10 nitrogen and oxygen atoms in total. The highest BCUT2D eigenvalue weighted by atomic mass is 19.4. The average molecular weight is 533 g/mol. The minimum absolute atomic E-state index is 0.0938. The number of nitrogens with two attached hydrogens (primary N) is 1. The van der Waals surface area contributed by atoms with Crippen molar-refractivity contribution >= 4 is 28.4 Å². The van der Waals surface area contributed by atoms with E-state index in [9.17, 15) is 22.8 Å². The molecule has 4 heterocycles. The van der Waals surface area contributed by atoms with Crippen molar-refractivity contribution < 1.29 is 27.4 Å². The molecule has 3 aromatic rings. The second-order valence-corrected chi connectivity index (χ2v) is 9.42. The molecule has 2 fully saturated rings. The summed E-state index contributed by atoms with van der Waals surface area (Å²) in [7, 11) is 1.70. The van der Waals surface area contributed by atoms with Crippen LogP contribution in [-0.4, -0.2) is 71.1 Å². The van der Waals surface area contributed by atoms with E-state index in [0.29, 0.717) is 37.1 Å². The number of halogens is 3. The van der Waals surface area contributed by atoms with Gasteiger partial charge in [0.05, 0.1) is 29.7 Å². The van der Waals surface area contributed by atoms with Crippen LogP contribution in [0.2, 0.25) is 0 Å². The summed E-state index contributed by atoms with van der Waals surface area (Å²) < 4.78 is 48.3. The van der Waals surface area contributed by atoms with Crippen molar-refractivity contribution in [1.82, 2.24) is 19.4 Å². The number of anilines is 2. The summed E-state index contributed by atoms with van der Waals surface area (Å²) in [6.45, 7) is 2.29. The fourth-order valence-electron chi connectivity index (χ4n) is 5.12. The van der Waals surface area contributed by atoms with Gasteiger partial charge < -0.3 is 25.0 Å². The summed E-state index contributed by atoms with van der Waals surface area (Å²) in [4.78, 5) is 38.5. The highest BCUT2D eigenvalue weighted by molar-refractivity contribution is 5.99. The first kappa shape index (κ1) is 25.8. The SMILES string of the molecule is CO[C@@H]1CCN(c2cnc3c(c2)ncc(=O)n3C2CCN(C(=O)c3ccc(OC(F)(F)F)cc3N)CC2)C1. The first-order valence-corrected chi connectivity index (χ1v) is 12.2. The largest absolute Gasteiger partial charge is 0.573 e. The number of carbonyl (C=O) groups excluding carboxylic acids is 1. The number of nitrogen functional groups attached to an aromatic ring is 1. The summed E-state index contributed by atoms with van der Waals surface area (Å²) in [6.07, 6.45) is 0.255. The van der Waals surface area contributed by atoms with Gasteiger partial charge in [-0.15, -0.1) is 13.2 Å². The monoisotopic (exact) mass is 532 g/mol. The average Bonchev–Trinajstić information content (AvgIpc) is 3.37. The van der Waals surface area contributed by atoms with Gasteiger partial charge in [-0.3, -0.25) is 14.2 Å². The Labute approximate surface area is 215 Å². The fourth-order valence-corrected chi connectivity index (χ4v) is 5.12. The van der Waals surface area contributed by atoms with E-state index in [1.165, 1.54) is 12.3 Å². The maximum absolute atomic E-state index is 13.0. The number of hydrogen-bond acceptors (Lipinski definition) is 8. The summed E-state index contributed by atoms with van der Waals surface area (Å²) in [5, 5.41) is 0. The number of fused-ring (bicyclic) bond motifs is 1. The number of aromatic nitrogens is 3. The Morgan fingerprint density at radius 1 is 1.08 bits per heavy atom. The number of alkyl halides is 3. The number of rotatable bonds is 5. The molecular weight excluding hydrogens is 505 g/mol. The van der Waals surface area contributed by atoms with Gasteiger partial charge in [0.25, 0.3) is 11.5 Å². The molecule has 13 heteroatoms. The number of methoxy groups -OCH3 is 1. The van der Waals surface area contributed by atoms with Crippen LogP contribution in [0.1, 0.15) is 35.7 Å². The van der Waals surface area contributed by atoms with Crippen LogP contribution in [-0.2, 0) is 4.74 Å². The third-order valence-corrected chi connectivity index (χ3v) is 7.06. The van der Waals surface area contributed by atoms with E-state index >= 15 is 0 Å². The van der Waals surface area contributed by atoms with Crippen molar-refractivity contribution in [3.63, 3.8) is 0 Å². The summed E-state index contributed by atoms with van der Waals surface area (Å²) in [5.74, 6) is -0.887. The number of nitrogens with zero attached hydrogens (tertiary/aromatic N) is 5. The zero-order valence-electron chi connectivity index (χ0n) is 20.6. The van der Waals surface area contributed by atoms with Gasteiger partial charge in [-0.25, -0.2) is 9.97 Å². The smallest absolute Gasteiger partial charge is 0.406 e. The first-order chi connectivity index (χ1) is 18.1. The van der Waals surface area contributed by atoms with Crippen LogP contribution < -0.4 is 20.9 Å². The van der Waals surface area contributed by atoms with Gasteiger partial charge in [0, 0.05) is 51.1 Å². The molecule has 1 aromatic carbocycles. The van der Waals surface area contributed by atoms with Gasteiger partial charge in [0.1, 0.15) is 11.3 Å². The standard InChI is InChI=1S/C25H27F3N6O4/c1-37-18-6-9-33(14-18)16-10-21-23(31-12-16)34(22(35)13-30-21)15-4-7-32(8-5-15)24(36)19-3-2-17(11-20(19)29)38-25(26,27)28/h2-3,10-13,15,18H,4-9,14,29H2,1H3/t18-/m1/s1. The molecule has 1 atom stereocenters. The molecule has 38 heavy (non-hydrogen) atoms. The summed E-state index contributed by atoms with van der Waals surface area (Å²) in [5.41, 5.74) is 7.58. The molecule has 2 aliphatic heterocycles. The molecule has 0 aliphatic carbocycles. The van der Waals surface area contributed by atoms with E-state index in [4.69, 9.17) is 10.5 Å². The highest BCUT2D eigenvalue weighted by Gasteiger charge is 2.32. The lowest BCUT2D eigenvalue weighted by atomic mass is 10.0. The van der Waals surface area contributed by atoms with Crippen LogP contribution in [0, 0.1) is 0 Å². The predicted octanol–water partition coefficient (Wildman–Crippen LogP) is 2.97. The second kappa shape index (κ2) is 10.1. The van der Waals surface area contributed by atoms with Crippen molar-refractivity contribution in [2.75, 3.05) is 43.9 Å². The summed E-state index contributed by atoms with van der Waals surface area (Å²) >= 11 is 0. The number of pyridine rings is 1. The quantitative estimate of drug-likeness (QED) is 0.499. The van der Waals surface area contributed by atoms with Crippen LogP contribution >= 0.6 is 0 Å². The Bertz CT molecular complexity index is 1400. The Kier molecular flexibility index (Phi) is 6.86. The van der Waals surface area contributed by atoms with Crippen LogP contribution in [0.25, 0.3) is 11.2 Å². The third kappa shape index (κ3) is 5.23. The fraction of sp³-hybridized carbons (Fsp3) is 0.440. The molecule has 1 amide bonds. The van der Waals surface area contributed by atoms with Gasteiger partial charge in [-0.2, -0.15) is 0 Å². The van der Waals surface area contributed by atoms with Crippen molar-refractivity contribution in [2.45, 2.75) is 37.8 Å². The molecule has 202 valence electrons. The molecule has 0 unspecified atom stereocenters. The van der Waals surface area contributed by atoms with E-state index in [2.05, 4.69) is 19.6 Å². The number of amides is 1. The minimum Gasteiger partial charge on any atom is -0.406 e. The molecule has 2 aliphatic rings. The van der Waals surface area contributed by atoms with Gasteiger partial charge in [-0.1, -0.05) is 0 Å². The van der Waals surface area contributed by atoms with E-state index in [1.54, 1.807) is 22.8 Å². The van der Waals surface area contributed by atoms with Crippen LogP contribution in [0.15, 0.2) is 41.5 Å². The molecule has 0 saturated carbocycles. The molecule has 0 bridgehead atoms. The number of benzene rings is 1. The predicted molar refractivity (Wildman–Crippen MR) is 133 cm³/mol. The number of ether oxygens (including phenoxy) is 2. The van der Waals surface area contributed by atoms with E-state index in [1.807, 2.05) is 6.07 Å². The van der Waals surface area contributed by atoms with Crippen LogP contribution in [0.5, 0.6) is 5.75 Å². The van der Waals surface area contributed by atoms with Gasteiger partial charge >= 0.3 is 6.36 Å². The first-order valence-electron chi connectivity index (χ1n) is 12.2. The lowest BCUT2D eigenvalue weighted by Gasteiger charge is -2.33. The molecule has 2 N–H and O–H groups in total. The number of hydrogen-bond donors (Lipinski definition) is 1. The van der Waals surface area contributed by atoms with Crippen molar-refractivity contribution in [3.05, 3.63) is 52.6 Å². The molecule has 2 saturated heterocycles. The van der Waals surface area contributed by atoms with Crippen molar-refractivity contribution in [1.29, 1.82) is 0 Å². The molecular formula is C25H27F3N6O4. The van der Waals surface area contributed by atoms with E-state index in [-0.39, 0.29) is 29.0 Å². The van der Waals surface area contributed by atoms with Gasteiger partial charge in [0.2, 0.25) is 0 Å². The second-order valence-electron chi connectivity index (χ2n) is 9.42. The molecule has 5 rings (SSSR count). The highest BCUT2D eigenvalue weighted by Crippen LogP contribution is 2.30. The topological polar surface area (TPSA) is 116 Å². The Balaban J connectivity index is 1.30. The molecule has 2 aromatic heterocycles. The number of carbonyl (C=O) groups is 1. The maximum atomic E-state index is 13.0. The molecule has 0 radical (unpaired) electrons. The molecule has 0 spiro atoms. The van der Waals surface area contributed by atoms with Gasteiger partial charge in [0.15, 0.2) is 5.65 Å². The Morgan fingerprint density at radius 2 is 1.84 bits per heavy atom. The van der Waals surface area contributed by atoms with E-state index < -0.39 is 18.0 Å². The zero-order chi connectivity index (χ0) is 27.0. The van der Waals surface area contributed by atoms with Crippen molar-refractivity contribution in [3.8, 4) is 5.75 Å². The maximum Gasteiger partial charge on any atom is 0.573 e. The van der Waals surface area contributed by atoms with Crippen LogP contribution in [0.3, 0.4) is 0 Å². The summed E-state index contributed by atoms with van der Waals surface area (Å²) in [6, 6.07) is 4.99. The van der Waals surface area contributed by atoms with E-state index in [0.717, 1.165) is 37.3 Å². The number of likely N-dealkylation sites (tertiary alicyclic amines) is 1. The minimum atomic E-state index is -4.85. The van der Waals surface area contributed by atoms with Gasteiger partial charge in [-0.05, 0) is 37.5 Å². The Hall–Kier alpha value is -3.87. The van der Waals surface area contributed by atoms with Crippen LogP contribution in [0.4, 0.5) is 24.5 Å². The zero-order valence-corrected chi connectivity index (χ0v) is 20.6. The lowest BCUT2D eigenvalue weighted by molar-refractivity contribution is -0.274.